The molecule has 0 fully saturated rings. The van der Waals surface area contributed by atoms with E-state index in [1.54, 1.807) is 0 Å². The van der Waals surface area contributed by atoms with Gasteiger partial charge in [-0.1, -0.05) is 19.8 Å². The van der Waals surface area contributed by atoms with E-state index >= 15 is 0 Å². The minimum Gasteiger partial charge on any atom is -0.382 e. The van der Waals surface area contributed by atoms with Crippen LogP contribution in [0.25, 0.3) is 0 Å². The molecule has 0 heterocycles. The highest BCUT2D eigenvalue weighted by Gasteiger charge is 2.41. The fraction of sp³-hybridized carbons (Fsp3) is 1.00. The van der Waals surface area contributed by atoms with E-state index < -0.39 is 18.3 Å². The lowest BCUT2D eigenvalue weighted by atomic mass is 10.1. The van der Waals surface area contributed by atoms with Gasteiger partial charge in [-0.15, -0.1) is 0 Å². The normalized spacial score (nSPS) is 17.5. The quantitative estimate of drug-likeness (QED) is 0.695. The van der Waals surface area contributed by atoms with Crippen LogP contribution < -0.4 is 5.73 Å². The van der Waals surface area contributed by atoms with Crippen LogP contribution in [0.15, 0.2) is 0 Å². The molecule has 0 saturated heterocycles. The van der Waals surface area contributed by atoms with Crippen molar-refractivity contribution in [3.63, 3.8) is 0 Å². The van der Waals surface area contributed by atoms with Gasteiger partial charge in [0.15, 0.2) is 6.10 Å². The van der Waals surface area contributed by atoms with Crippen molar-refractivity contribution in [3.05, 3.63) is 0 Å². The Morgan fingerprint density at radius 3 is 2.25 bits per heavy atom. The second-order valence-corrected chi connectivity index (χ2v) is 2.79. The van der Waals surface area contributed by atoms with Crippen LogP contribution >= 0.6 is 0 Å². The molecule has 0 radical (unpaired) electrons. The number of aliphatic hydroxyl groups is 1. The SMILES string of the molecule is CCCC[C@H](N)[C@@H](O)C(F)(F)F. The Balaban J connectivity index is 3.84. The second-order valence-electron chi connectivity index (χ2n) is 2.79. The average Bonchev–Trinajstić information content (AvgIpc) is 1.97. The molecule has 0 aromatic rings. The highest BCUT2D eigenvalue weighted by Crippen LogP contribution is 2.23. The van der Waals surface area contributed by atoms with Crippen LogP contribution in [0.2, 0.25) is 0 Å². The first-order chi connectivity index (χ1) is 5.39. The first kappa shape index (κ1) is 11.7. The van der Waals surface area contributed by atoms with Gasteiger partial charge in [0.1, 0.15) is 0 Å². The number of nitrogens with two attached hydrogens (primary N) is 1. The molecular weight excluding hydrogens is 171 g/mol. The molecule has 74 valence electrons. The van der Waals surface area contributed by atoms with Crippen molar-refractivity contribution in [2.45, 2.75) is 44.5 Å². The maximum atomic E-state index is 11.8. The summed E-state index contributed by atoms with van der Waals surface area (Å²) < 4.78 is 35.4. The first-order valence-electron chi connectivity index (χ1n) is 3.90. The molecule has 0 saturated carbocycles. The van der Waals surface area contributed by atoms with Gasteiger partial charge in [0.25, 0.3) is 0 Å². The lowest BCUT2D eigenvalue weighted by molar-refractivity contribution is -0.210. The fourth-order valence-electron chi connectivity index (χ4n) is 0.840. The molecule has 0 aromatic carbocycles. The zero-order chi connectivity index (χ0) is 9.78. The molecule has 0 spiro atoms. The summed E-state index contributed by atoms with van der Waals surface area (Å²) >= 11 is 0. The lowest BCUT2D eigenvalue weighted by Gasteiger charge is -2.20. The number of unbranched alkanes of at least 4 members (excludes halogenated alkanes) is 1. The lowest BCUT2D eigenvalue weighted by Crippen LogP contribution is -2.44. The van der Waals surface area contributed by atoms with Crippen molar-refractivity contribution < 1.29 is 18.3 Å². The Kier molecular flexibility index (Phi) is 4.55. The minimum absolute atomic E-state index is 0.206. The van der Waals surface area contributed by atoms with Gasteiger partial charge >= 0.3 is 6.18 Å². The van der Waals surface area contributed by atoms with Crippen molar-refractivity contribution in [2.24, 2.45) is 5.73 Å². The van der Waals surface area contributed by atoms with E-state index in [1.165, 1.54) is 0 Å². The third-order valence-electron chi connectivity index (χ3n) is 1.63. The number of halogens is 3. The number of aliphatic hydroxyl groups excluding tert-OH is 1. The number of rotatable bonds is 4. The van der Waals surface area contributed by atoms with Crippen LogP contribution in [0.1, 0.15) is 26.2 Å². The summed E-state index contributed by atoms with van der Waals surface area (Å²) in [5.74, 6) is 0. The molecule has 2 nitrogen and oxygen atoms in total. The van der Waals surface area contributed by atoms with Gasteiger partial charge in [-0.25, -0.2) is 0 Å². The average molecular weight is 185 g/mol. The van der Waals surface area contributed by atoms with Gasteiger partial charge in [-0.2, -0.15) is 13.2 Å². The Hall–Kier alpha value is -0.290. The van der Waals surface area contributed by atoms with Crippen LogP contribution in [0.5, 0.6) is 0 Å². The van der Waals surface area contributed by atoms with Crippen molar-refractivity contribution in [3.8, 4) is 0 Å². The maximum absolute atomic E-state index is 11.8. The molecular formula is C7H14F3NO. The van der Waals surface area contributed by atoms with E-state index in [0.29, 0.717) is 6.42 Å². The number of hydrogen-bond acceptors (Lipinski definition) is 2. The third-order valence-corrected chi connectivity index (χ3v) is 1.63. The summed E-state index contributed by atoms with van der Waals surface area (Å²) in [6.45, 7) is 1.85. The van der Waals surface area contributed by atoms with Gasteiger partial charge in [0, 0.05) is 6.04 Å². The van der Waals surface area contributed by atoms with E-state index in [1.807, 2.05) is 6.92 Å². The monoisotopic (exact) mass is 185 g/mol. The zero-order valence-corrected chi connectivity index (χ0v) is 6.93. The fourth-order valence-corrected chi connectivity index (χ4v) is 0.840. The maximum Gasteiger partial charge on any atom is 0.415 e. The first-order valence-corrected chi connectivity index (χ1v) is 3.90. The third kappa shape index (κ3) is 3.92. The Morgan fingerprint density at radius 1 is 1.42 bits per heavy atom. The molecule has 3 N–H and O–H groups in total. The van der Waals surface area contributed by atoms with Gasteiger partial charge in [0.2, 0.25) is 0 Å². The molecule has 0 unspecified atom stereocenters. The molecule has 0 aromatic heterocycles. The second kappa shape index (κ2) is 4.67. The molecule has 2 atom stereocenters. The van der Waals surface area contributed by atoms with Crippen LogP contribution in [0, 0.1) is 0 Å². The van der Waals surface area contributed by atoms with Crippen LogP contribution in [0.4, 0.5) is 13.2 Å². The molecule has 0 aliphatic heterocycles. The smallest absolute Gasteiger partial charge is 0.382 e. The van der Waals surface area contributed by atoms with Gasteiger partial charge < -0.3 is 10.8 Å². The predicted octanol–water partition coefficient (Wildman–Crippen LogP) is 1.43. The van der Waals surface area contributed by atoms with E-state index in [-0.39, 0.29) is 6.42 Å². The van der Waals surface area contributed by atoms with Crippen LogP contribution in [-0.2, 0) is 0 Å². The zero-order valence-electron chi connectivity index (χ0n) is 6.93. The molecule has 5 heteroatoms. The summed E-state index contributed by atoms with van der Waals surface area (Å²) in [5.41, 5.74) is 5.12. The van der Waals surface area contributed by atoms with E-state index in [9.17, 15) is 13.2 Å². The summed E-state index contributed by atoms with van der Waals surface area (Å²) in [5, 5.41) is 8.63. The predicted molar refractivity (Wildman–Crippen MR) is 39.6 cm³/mol. The topological polar surface area (TPSA) is 46.2 Å². The Labute approximate surface area is 69.6 Å². The summed E-state index contributed by atoms with van der Waals surface area (Å²) in [4.78, 5) is 0. The standard InChI is InChI=1S/C7H14F3NO/c1-2-3-4-5(11)6(12)7(8,9)10/h5-6,12H,2-4,11H2,1H3/t5-,6+/m0/s1. The summed E-state index contributed by atoms with van der Waals surface area (Å²) in [7, 11) is 0. The van der Waals surface area contributed by atoms with E-state index in [0.717, 1.165) is 6.42 Å². The van der Waals surface area contributed by atoms with Crippen molar-refractivity contribution in [2.75, 3.05) is 0 Å². The molecule has 0 amide bonds. The molecule has 12 heavy (non-hydrogen) atoms. The Morgan fingerprint density at radius 2 is 1.92 bits per heavy atom. The van der Waals surface area contributed by atoms with Crippen LogP contribution in [0.3, 0.4) is 0 Å². The van der Waals surface area contributed by atoms with E-state index in [2.05, 4.69) is 0 Å². The van der Waals surface area contributed by atoms with E-state index in [4.69, 9.17) is 10.8 Å². The van der Waals surface area contributed by atoms with Crippen molar-refractivity contribution >= 4 is 0 Å². The number of alkyl halides is 3. The Bertz CT molecular complexity index is 126. The van der Waals surface area contributed by atoms with Crippen molar-refractivity contribution in [1.29, 1.82) is 0 Å². The molecule has 0 aliphatic carbocycles. The highest BCUT2D eigenvalue weighted by atomic mass is 19.4. The van der Waals surface area contributed by atoms with Gasteiger partial charge in [0.05, 0.1) is 0 Å². The van der Waals surface area contributed by atoms with Gasteiger partial charge in [-0.3, -0.25) is 0 Å². The van der Waals surface area contributed by atoms with Crippen LogP contribution in [-0.4, -0.2) is 23.4 Å². The minimum atomic E-state index is -4.59. The number of hydrogen-bond donors (Lipinski definition) is 2. The molecule has 0 aliphatic rings. The van der Waals surface area contributed by atoms with Gasteiger partial charge in [-0.05, 0) is 6.42 Å². The molecule has 0 bridgehead atoms. The summed E-state index contributed by atoms with van der Waals surface area (Å²) in [6.07, 6.45) is -5.39. The molecule has 0 rings (SSSR count). The summed E-state index contributed by atoms with van der Waals surface area (Å²) in [6, 6.07) is -1.19. The van der Waals surface area contributed by atoms with Crippen molar-refractivity contribution in [1.82, 2.24) is 0 Å². The largest absolute Gasteiger partial charge is 0.415 e. The highest BCUT2D eigenvalue weighted by molar-refractivity contribution is 4.77.